The highest BCUT2D eigenvalue weighted by atomic mass is 31.2. The van der Waals surface area contributed by atoms with Crippen LogP contribution in [-0.4, -0.2) is 83.1 Å². The van der Waals surface area contributed by atoms with Crippen LogP contribution in [0.25, 0.3) is 0 Å². The zero-order valence-electron chi connectivity index (χ0n) is 11.8. The Morgan fingerprint density at radius 2 is 0.958 bits per heavy atom. The lowest BCUT2D eigenvalue weighted by Crippen LogP contribution is -2.65. The summed E-state index contributed by atoms with van der Waals surface area (Å²) in [5, 5.41) is 29.6. The minimum absolute atomic E-state index is 0.629. The van der Waals surface area contributed by atoms with Crippen LogP contribution in [0.2, 0.25) is 0 Å². The van der Waals surface area contributed by atoms with Crippen LogP contribution in [0.5, 0.6) is 0 Å². The Balaban J connectivity index is 3.23. The molecule has 17 heteroatoms. The minimum atomic E-state index is -5.32. The highest BCUT2D eigenvalue weighted by Crippen LogP contribution is 2.49. The molecule has 1 aliphatic rings. The van der Waals surface area contributed by atoms with E-state index in [1.165, 1.54) is 0 Å². The van der Waals surface area contributed by atoms with Gasteiger partial charge in [0.2, 0.25) is 0 Å². The molecule has 0 radical (unpaired) electrons. The average molecular weight is 418 g/mol. The lowest BCUT2D eigenvalue weighted by Gasteiger charge is -2.44. The molecule has 1 unspecified atom stereocenters. The molecule has 0 bridgehead atoms. The predicted molar refractivity (Wildman–Crippen MR) is 72.5 cm³/mol. The summed E-state index contributed by atoms with van der Waals surface area (Å²) < 4.78 is 45.9. The Bertz CT molecular complexity index is 575. The summed E-state index contributed by atoms with van der Waals surface area (Å²) >= 11 is 0. The van der Waals surface area contributed by atoms with Crippen LogP contribution in [0, 0.1) is 0 Å². The molecule has 14 nitrogen and oxygen atoms in total. The predicted octanol–water partition coefficient (Wildman–Crippen LogP) is -2.76. The molecular formula is C7H17O14P3. The Morgan fingerprint density at radius 1 is 0.625 bits per heavy atom. The summed E-state index contributed by atoms with van der Waals surface area (Å²) in [5.74, 6) is 0. The zero-order valence-corrected chi connectivity index (χ0v) is 14.5. The number of aliphatic hydroxyl groups is 3. The molecule has 1 saturated carbocycles. The van der Waals surface area contributed by atoms with E-state index in [0.717, 1.165) is 0 Å². The van der Waals surface area contributed by atoms with Gasteiger partial charge in [0.25, 0.3) is 0 Å². The van der Waals surface area contributed by atoms with Crippen molar-refractivity contribution in [2.45, 2.75) is 36.6 Å². The van der Waals surface area contributed by atoms with Crippen LogP contribution in [0.4, 0.5) is 0 Å². The highest BCUT2D eigenvalue weighted by Gasteiger charge is 2.55. The second-order valence-electron chi connectivity index (χ2n) is 4.97. The van der Waals surface area contributed by atoms with E-state index in [-0.39, 0.29) is 0 Å². The monoisotopic (exact) mass is 418 g/mol. The molecule has 0 aliphatic heterocycles. The third kappa shape index (κ3) is 6.52. The van der Waals surface area contributed by atoms with Crippen LogP contribution < -0.4 is 0 Å². The first-order chi connectivity index (χ1) is 10.5. The summed E-state index contributed by atoms with van der Waals surface area (Å²) in [5.41, 5.74) is 0. The molecule has 1 rings (SSSR count). The fraction of sp³-hybridized carbons (Fsp3) is 1.00. The summed E-state index contributed by atoms with van der Waals surface area (Å²) in [4.78, 5) is 44.3. The van der Waals surface area contributed by atoms with Gasteiger partial charge in [-0.1, -0.05) is 0 Å². The van der Waals surface area contributed by atoms with Crippen molar-refractivity contribution in [2.24, 2.45) is 0 Å². The van der Waals surface area contributed by atoms with Gasteiger partial charge >= 0.3 is 23.2 Å². The third-order valence-corrected chi connectivity index (χ3v) is 4.53. The molecule has 1 fully saturated rings. The average Bonchev–Trinajstić information content (AvgIpc) is 2.32. The van der Waals surface area contributed by atoms with Gasteiger partial charge in [-0.25, -0.2) is 9.13 Å². The Labute approximate surface area is 134 Å². The maximum Gasteiger partial charge on any atom is 0.470 e. The minimum Gasteiger partial charge on any atom is -0.387 e. The second kappa shape index (κ2) is 7.47. The molecule has 144 valence electrons. The molecule has 0 saturated heterocycles. The number of hydrogen-bond acceptors (Lipinski definition) is 9. The molecule has 0 heterocycles. The van der Waals surface area contributed by atoms with E-state index in [1.807, 2.05) is 0 Å². The van der Waals surface area contributed by atoms with Crippen molar-refractivity contribution in [1.82, 2.24) is 0 Å². The molecule has 0 spiro atoms. The largest absolute Gasteiger partial charge is 0.470 e. The Kier molecular flexibility index (Phi) is 6.94. The number of aliphatic hydroxyl groups excluding tert-OH is 3. The van der Waals surface area contributed by atoms with Crippen molar-refractivity contribution in [3.05, 3.63) is 0 Å². The van der Waals surface area contributed by atoms with Gasteiger partial charge in [-0.2, -0.15) is 0 Å². The molecular weight excluding hydrogens is 401 g/mol. The van der Waals surface area contributed by atoms with E-state index in [4.69, 9.17) is 19.6 Å². The normalized spacial score (nSPS) is 37.9. The topological polar surface area (TPSA) is 241 Å². The maximum atomic E-state index is 11.4. The fourth-order valence-corrected chi connectivity index (χ4v) is 3.90. The van der Waals surface area contributed by atoms with Crippen molar-refractivity contribution < 1.29 is 67.1 Å². The summed E-state index contributed by atoms with van der Waals surface area (Å²) in [7, 11) is -15.0. The third-order valence-electron chi connectivity index (χ3n) is 2.86. The first kappa shape index (κ1) is 22.3. The maximum absolute atomic E-state index is 11.4. The van der Waals surface area contributed by atoms with Crippen LogP contribution in [0.1, 0.15) is 0 Å². The fourth-order valence-electron chi connectivity index (χ4n) is 2.08. The zero-order chi connectivity index (χ0) is 19.1. The first-order valence-electron chi connectivity index (χ1n) is 6.02. The Morgan fingerprint density at radius 3 is 1.33 bits per heavy atom. The van der Waals surface area contributed by atoms with E-state index in [0.29, 0.717) is 6.66 Å². The van der Waals surface area contributed by atoms with Crippen molar-refractivity contribution in [3.63, 3.8) is 0 Å². The molecule has 8 N–H and O–H groups in total. The van der Waals surface area contributed by atoms with E-state index >= 15 is 0 Å². The smallest absolute Gasteiger partial charge is 0.387 e. The SMILES string of the molecule is CP(=O)(O)O[C@@H]1[C@@H](O)[C@H](OP(=O)(O)O)[C@H](O)[C@H](O)[C@H]1OP(=O)(O)O. The molecule has 0 aromatic carbocycles. The van der Waals surface area contributed by atoms with Gasteiger partial charge in [-0.3, -0.25) is 18.1 Å². The van der Waals surface area contributed by atoms with Crippen molar-refractivity contribution in [2.75, 3.05) is 6.66 Å². The van der Waals surface area contributed by atoms with Gasteiger partial charge in [-0.05, 0) is 0 Å². The molecule has 7 atom stereocenters. The van der Waals surface area contributed by atoms with Gasteiger partial charge in [0, 0.05) is 6.66 Å². The summed E-state index contributed by atoms with van der Waals surface area (Å²) in [6.45, 7) is 0.629. The van der Waals surface area contributed by atoms with Crippen LogP contribution in [0.3, 0.4) is 0 Å². The Hall–Kier alpha value is 0.250. The standard InChI is InChI=1S/C7H17O14P3/c1-22(11,12)19-7-4(10)5(20-23(13,14)15)2(8)3(9)6(7)21-24(16,17)18/h2-10H,1H3,(H,11,12)(H2,13,14,15)(H2,16,17,18)/t2-,3+,4+,5-,6-,7-/m1/s1. The number of hydrogen-bond donors (Lipinski definition) is 8. The van der Waals surface area contributed by atoms with E-state index < -0.39 is 59.9 Å². The van der Waals surface area contributed by atoms with Gasteiger partial charge in [0.1, 0.15) is 36.6 Å². The molecule has 0 aromatic heterocycles. The van der Waals surface area contributed by atoms with Crippen LogP contribution in [0.15, 0.2) is 0 Å². The lowest BCUT2D eigenvalue weighted by molar-refractivity contribution is -0.210. The van der Waals surface area contributed by atoms with Crippen molar-refractivity contribution in [1.29, 1.82) is 0 Å². The van der Waals surface area contributed by atoms with E-state index in [1.54, 1.807) is 0 Å². The molecule has 1 aliphatic carbocycles. The van der Waals surface area contributed by atoms with E-state index in [2.05, 4.69) is 13.6 Å². The molecule has 24 heavy (non-hydrogen) atoms. The van der Waals surface area contributed by atoms with Gasteiger partial charge < -0.3 is 39.8 Å². The summed E-state index contributed by atoms with van der Waals surface area (Å²) in [6.07, 6.45) is -13.5. The van der Waals surface area contributed by atoms with Crippen molar-refractivity contribution >= 4 is 23.2 Å². The number of rotatable bonds is 6. The first-order valence-corrected chi connectivity index (χ1v) is 11.1. The van der Waals surface area contributed by atoms with Gasteiger partial charge in [0.15, 0.2) is 0 Å². The highest BCUT2D eigenvalue weighted by molar-refractivity contribution is 7.51. The second-order valence-corrected chi connectivity index (χ2v) is 9.17. The van der Waals surface area contributed by atoms with Gasteiger partial charge in [-0.15, -0.1) is 0 Å². The number of phosphoric acid groups is 2. The molecule has 0 aromatic rings. The van der Waals surface area contributed by atoms with Gasteiger partial charge in [0.05, 0.1) is 0 Å². The summed E-state index contributed by atoms with van der Waals surface area (Å²) in [6, 6.07) is 0. The van der Waals surface area contributed by atoms with E-state index in [9.17, 15) is 33.9 Å². The quantitative estimate of drug-likeness (QED) is 0.204. The lowest BCUT2D eigenvalue weighted by atomic mass is 9.85. The van der Waals surface area contributed by atoms with Crippen LogP contribution in [-0.2, 0) is 27.3 Å². The molecule has 0 amide bonds. The van der Waals surface area contributed by atoms with Crippen LogP contribution >= 0.6 is 23.2 Å². The number of phosphoric ester groups is 2. The van der Waals surface area contributed by atoms with Crippen molar-refractivity contribution in [3.8, 4) is 0 Å².